The van der Waals surface area contributed by atoms with Crippen LogP contribution >= 0.6 is 12.2 Å². The first-order valence-corrected chi connectivity index (χ1v) is 12.1. The summed E-state index contributed by atoms with van der Waals surface area (Å²) in [4.78, 5) is 7.25. The van der Waals surface area contributed by atoms with Crippen molar-refractivity contribution in [3.63, 3.8) is 0 Å². The maximum absolute atomic E-state index is 5.79. The number of thiocarbonyl (C=S) groups is 1. The van der Waals surface area contributed by atoms with Crippen molar-refractivity contribution in [3.8, 4) is 0 Å². The van der Waals surface area contributed by atoms with E-state index in [2.05, 4.69) is 68.8 Å². The highest BCUT2D eigenvalue weighted by Crippen LogP contribution is 2.42. The molecule has 0 saturated carbocycles. The first-order valence-electron chi connectivity index (χ1n) is 11.7. The van der Waals surface area contributed by atoms with Crippen molar-refractivity contribution in [2.24, 2.45) is 11.8 Å². The van der Waals surface area contributed by atoms with Gasteiger partial charge in [-0.25, -0.2) is 0 Å². The van der Waals surface area contributed by atoms with Crippen LogP contribution in [0, 0.1) is 11.8 Å². The molecule has 0 spiro atoms. The molecule has 3 N–H and O–H groups in total. The molecule has 4 saturated heterocycles. The van der Waals surface area contributed by atoms with Crippen LogP contribution in [0.4, 0.5) is 0 Å². The minimum absolute atomic E-state index is 0.137. The van der Waals surface area contributed by atoms with Crippen molar-refractivity contribution < 1.29 is 0 Å². The lowest BCUT2D eigenvalue weighted by Crippen LogP contribution is -2.58. The average Bonchev–Trinajstić information content (AvgIpc) is 3.35. The predicted octanol–water partition coefficient (Wildman–Crippen LogP) is 3.39. The smallest absolute Gasteiger partial charge is 0.166 e. The van der Waals surface area contributed by atoms with Crippen LogP contribution in [0.15, 0.2) is 49.2 Å². The zero-order valence-electron chi connectivity index (χ0n) is 18.1. The fourth-order valence-electron chi connectivity index (χ4n) is 5.83. The second kappa shape index (κ2) is 9.23. The van der Waals surface area contributed by atoms with Crippen LogP contribution in [0.25, 0.3) is 10.9 Å². The molecule has 6 atom stereocenters. The Morgan fingerprint density at radius 2 is 2.23 bits per heavy atom. The lowest BCUT2D eigenvalue weighted by Gasteiger charge is -2.52. The quantitative estimate of drug-likeness (QED) is 0.478. The molecule has 6 rings (SSSR count). The maximum atomic E-state index is 5.79. The number of hydrogen-bond donors (Lipinski definition) is 3. The minimum atomic E-state index is 0.137. The molecule has 5 unspecified atom stereocenters. The predicted molar refractivity (Wildman–Crippen MR) is 131 cm³/mol. The number of hydrogen-bond acceptors (Lipinski definition) is 4. The molecule has 4 aliphatic heterocycles. The molecule has 31 heavy (non-hydrogen) atoms. The molecule has 2 bridgehead atoms. The molecule has 2 aromatic rings. The van der Waals surface area contributed by atoms with Crippen LogP contribution in [0.2, 0.25) is 0 Å². The molecule has 4 fully saturated rings. The normalized spacial score (nSPS) is 30.8. The Hall–Kier alpha value is -2.02. The second-order valence-electron chi connectivity index (χ2n) is 9.29. The van der Waals surface area contributed by atoms with E-state index < -0.39 is 0 Å². The standard InChI is InChI=1S/C25H33N5S/c1-2-17-16-30-13-10-18(17)14-23(30)24(29-25(31)28-15-19-6-5-11-26-19)21-9-12-27-22-8-4-3-7-20(21)22/h2-4,7-9,12,17-19,23-24,26H,1,5-6,10-11,13-16H2,(H2,28,29,31)/t17?,18?,19?,23-,24?/m1/s1. The average molecular weight is 436 g/mol. The zero-order valence-corrected chi connectivity index (χ0v) is 18.9. The van der Waals surface area contributed by atoms with Crippen molar-refractivity contribution >= 4 is 28.2 Å². The Morgan fingerprint density at radius 1 is 1.32 bits per heavy atom. The molecule has 5 nitrogen and oxygen atoms in total. The summed E-state index contributed by atoms with van der Waals surface area (Å²) in [6.07, 6.45) is 9.02. The Morgan fingerprint density at radius 3 is 3.00 bits per heavy atom. The topological polar surface area (TPSA) is 52.2 Å². The van der Waals surface area contributed by atoms with Gasteiger partial charge >= 0.3 is 0 Å². The summed E-state index contributed by atoms with van der Waals surface area (Å²) in [7, 11) is 0. The molecule has 164 valence electrons. The van der Waals surface area contributed by atoms with Gasteiger partial charge in [-0.2, -0.15) is 0 Å². The SMILES string of the molecule is C=CC1CN2CCC1C[C@@H]2C(NC(=S)NCC1CCCN1)c1ccnc2ccccc12. The highest BCUT2D eigenvalue weighted by molar-refractivity contribution is 7.80. The van der Waals surface area contributed by atoms with Gasteiger partial charge in [-0.1, -0.05) is 24.3 Å². The van der Waals surface area contributed by atoms with Gasteiger partial charge in [-0.15, -0.1) is 6.58 Å². The fourth-order valence-corrected chi connectivity index (χ4v) is 6.04. The van der Waals surface area contributed by atoms with E-state index in [0.717, 1.165) is 36.8 Å². The Bertz CT molecular complexity index is 935. The van der Waals surface area contributed by atoms with Crippen molar-refractivity contribution in [2.45, 2.75) is 43.8 Å². The van der Waals surface area contributed by atoms with Crippen molar-refractivity contribution in [3.05, 3.63) is 54.7 Å². The van der Waals surface area contributed by atoms with Gasteiger partial charge in [0.2, 0.25) is 0 Å². The maximum Gasteiger partial charge on any atom is 0.166 e. The molecular formula is C25H33N5S. The number of para-hydroxylation sites is 1. The molecule has 1 aromatic heterocycles. The van der Waals surface area contributed by atoms with Gasteiger partial charge in [0.05, 0.1) is 11.6 Å². The molecule has 0 radical (unpaired) electrons. The highest BCUT2D eigenvalue weighted by atomic mass is 32.1. The van der Waals surface area contributed by atoms with Crippen LogP contribution in [-0.2, 0) is 0 Å². The van der Waals surface area contributed by atoms with Crippen LogP contribution in [0.1, 0.15) is 37.3 Å². The third kappa shape index (κ3) is 4.34. The van der Waals surface area contributed by atoms with Crippen LogP contribution in [0.5, 0.6) is 0 Å². The first-order chi connectivity index (χ1) is 15.2. The van der Waals surface area contributed by atoms with E-state index in [9.17, 15) is 0 Å². The summed E-state index contributed by atoms with van der Waals surface area (Å²) in [5.74, 6) is 1.33. The lowest BCUT2D eigenvalue weighted by atomic mass is 9.73. The second-order valence-corrected chi connectivity index (χ2v) is 9.70. The van der Waals surface area contributed by atoms with E-state index in [1.165, 1.54) is 36.6 Å². The van der Waals surface area contributed by atoms with Crippen LogP contribution < -0.4 is 16.0 Å². The number of aromatic nitrogens is 1. The van der Waals surface area contributed by atoms with E-state index in [1.54, 1.807) is 0 Å². The molecule has 5 heterocycles. The van der Waals surface area contributed by atoms with Crippen molar-refractivity contribution in [1.29, 1.82) is 0 Å². The van der Waals surface area contributed by atoms with Crippen LogP contribution in [-0.4, -0.2) is 53.3 Å². The number of rotatable bonds is 6. The third-order valence-electron chi connectivity index (χ3n) is 7.51. The van der Waals surface area contributed by atoms with E-state index in [1.807, 2.05) is 6.20 Å². The summed E-state index contributed by atoms with van der Waals surface area (Å²) < 4.78 is 0. The molecule has 4 aliphatic rings. The number of nitrogens with one attached hydrogen (secondary N) is 3. The van der Waals surface area contributed by atoms with Crippen molar-refractivity contribution in [2.75, 3.05) is 26.2 Å². The van der Waals surface area contributed by atoms with Crippen LogP contribution in [0.3, 0.4) is 0 Å². The van der Waals surface area contributed by atoms with E-state index in [0.29, 0.717) is 23.9 Å². The third-order valence-corrected chi connectivity index (χ3v) is 7.78. The molecule has 6 heteroatoms. The molecule has 0 aliphatic carbocycles. The minimum Gasteiger partial charge on any atom is -0.361 e. The van der Waals surface area contributed by atoms with E-state index >= 15 is 0 Å². The highest BCUT2D eigenvalue weighted by Gasteiger charge is 2.43. The van der Waals surface area contributed by atoms with Crippen molar-refractivity contribution in [1.82, 2.24) is 25.8 Å². The summed E-state index contributed by atoms with van der Waals surface area (Å²) in [6.45, 7) is 8.35. The summed E-state index contributed by atoms with van der Waals surface area (Å²) >= 11 is 5.79. The van der Waals surface area contributed by atoms with E-state index in [4.69, 9.17) is 12.2 Å². The Kier molecular flexibility index (Phi) is 6.21. The van der Waals surface area contributed by atoms with Gasteiger partial charge < -0.3 is 16.0 Å². The van der Waals surface area contributed by atoms with Gasteiger partial charge in [-0.05, 0) is 80.5 Å². The van der Waals surface area contributed by atoms with Gasteiger partial charge in [0.15, 0.2) is 5.11 Å². The largest absolute Gasteiger partial charge is 0.361 e. The van der Waals surface area contributed by atoms with Gasteiger partial charge in [0, 0.05) is 36.8 Å². The zero-order chi connectivity index (χ0) is 21.2. The van der Waals surface area contributed by atoms with E-state index in [-0.39, 0.29) is 6.04 Å². The summed E-state index contributed by atoms with van der Waals surface area (Å²) in [6, 6.07) is 11.7. The Labute approximate surface area is 190 Å². The first kappa shape index (κ1) is 20.9. The molecule has 1 aromatic carbocycles. The number of piperidine rings is 3. The van der Waals surface area contributed by atoms with Gasteiger partial charge in [0.25, 0.3) is 0 Å². The number of fused-ring (bicyclic) bond motifs is 4. The lowest BCUT2D eigenvalue weighted by molar-refractivity contribution is 0.00430. The fraction of sp³-hybridized carbons (Fsp3) is 0.520. The molecular weight excluding hydrogens is 402 g/mol. The summed E-state index contributed by atoms with van der Waals surface area (Å²) in [5, 5.41) is 12.7. The Balaban J connectivity index is 1.41. The number of nitrogens with zero attached hydrogens (tertiary/aromatic N) is 2. The summed E-state index contributed by atoms with van der Waals surface area (Å²) in [5.41, 5.74) is 2.34. The van der Waals surface area contributed by atoms with Gasteiger partial charge in [0.1, 0.15) is 0 Å². The van der Waals surface area contributed by atoms with Gasteiger partial charge in [-0.3, -0.25) is 9.88 Å². The number of benzene rings is 1. The number of pyridine rings is 1. The molecule has 0 amide bonds. The monoisotopic (exact) mass is 435 g/mol.